The first-order chi connectivity index (χ1) is 21.8. The third-order valence-electron chi connectivity index (χ3n) is 7.68. The van der Waals surface area contributed by atoms with Gasteiger partial charge in [-0.2, -0.15) is 0 Å². The lowest BCUT2D eigenvalue weighted by molar-refractivity contribution is 1.21. The fourth-order valence-corrected chi connectivity index (χ4v) is 5.73. The summed E-state index contributed by atoms with van der Waals surface area (Å²) in [6.45, 7) is 0. The molecule has 0 bridgehead atoms. The molecule has 4 aromatic carbocycles. The number of benzene rings is 4. The maximum atomic E-state index is 4.68. The molecule has 0 fully saturated rings. The largest absolute Gasteiger partial charge is 0.261 e. The Morgan fingerprint density at radius 3 is 1.02 bits per heavy atom. The van der Waals surface area contributed by atoms with E-state index in [4.69, 9.17) is 0 Å². The molecule has 4 heterocycles. The molecular weight excluding hydrogens is 544 g/mol. The van der Waals surface area contributed by atoms with Gasteiger partial charge in [-0.15, -0.1) is 0 Å². The Bertz CT molecular complexity index is 2100. The van der Waals surface area contributed by atoms with E-state index in [0.717, 1.165) is 77.7 Å². The molecule has 8 nitrogen and oxygen atoms in total. The van der Waals surface area contributed by atoms with Gasteiger partial charge in [0.2, 0.25) is 0 Å². The number of rotatable bonds is 5. The van der Waals surface area contributed by atoms with E-state index < -0.39 is 0 Å². The van der Waals surface area contributed by atoms with Crippen molar-refractivity contribution in [2.45, 2.75) is 0 Å². The van der Waals surface area contributed by atoms with Crippen molar-refractivity contribution in [3.05, 3.63) is 135 Å². The highest BCUT2D eigenvalue weighted by atomic mass is 14.8. The molecule has 0 unspecified atom stereocenters. The lowest BCUT2D eigenvalue weighted by Gasteiger charge is -2.16. The number of hydrogen-bond donors (Lipinski definition) is 0. The van der Waals surface area contributed by atoms with Gasteiger partial charge in [-0.05, 0) is 56.9 Å². The van der Waals surface area contributed by atoms with Crippen molar-refractivity contribution in [1.82, 2.24) is 39.9 Å². The van der Waals surface area contributed by atoms with Crippen LogP contribution in [0.1, 0.15) is 0 Å². The summed E-state index contributed by atoms with van der Waals surface area (Å²) in [5.41, 5.74) is 9.09. The van der Waals surface area contributed by atoms with Crippen LogP contribution in [0.3, 0.4) is 0 Å². The van der Waals surface area contributed by atoms with Gasteiger partial charge in [0, 0.05) is 71.8 Å². The van der Waals surface area contributed by atoms with Crippen LogP contribution in [0.5, 0.6) is 0 Å². The Morgan fingerprint density at radius 2 is 0.682 bits per heavy atom. The van der Waals surface area contributed by atoms with Crippen LogP contribution < -0.4 is 0 Å². The second-order valence-electron chi connectivity index (χ2n) is 10.2. The van der Waals surface area contributed by atoms with Crippen molar-refractivity contribution in [2.24, 2.45) is 0 Å². The second kappa shape index (κ2) is 10.8. The van der Waals surface area contributed by atoms with Crippen LogP contribution in [0.25, 0.3) is 77.7 Å². The quantitative estimate of drug-likeness (QED) is 0.211. The van der Waals surface area contributed by atoms with Crippen LogP contribution in [0.4, 0.5) is 0 Å². The molecule has 0 aliphatic rings. The molecule has 0 aliphatic heterocycles. The summed E-state index contributed by atoms with van der Waals surface area (Å²) in [5, 5.41) is 4.17. The van der Waals surface area contributed by atoms with Crippen molar-refractivity contribution in [1.29, 1.82) is 0 Å². The van der Waals surface area contributed by atoms with Crippen molar-refractivity contribution >= 4 is 21.5 Å². The van der Waals surface area contributed by atoms with E-state index in [1.807, 2.05) is 12.1 Å². The van der Waals surface area contributed by atoms with Gasteiger partial charge >= 0.3 is 0 Å². The topological polar surface area (TPSA) is 103 Å². The first-order valence-electron chi connectivity index (χ1n) is 14.0. The fourth-order valence-electron chi connectivity index (χ4n) is 5.73. The maximum absolute atomic E-state index is 4.68. The molecule has 8 heteroatoms. The van der Waals surface area contributed by atoms with Gasteiger partial charge in [-0.25, -0.2) is 0 Å². The molecule has 206 valence electrons. The number of hydrogen-bond acceptors (Lipinski definition) is 8. The summed E-state index contributed by atoms with van der Waals surface area (Å²) in [6.07, 6.45) is 20.8. The zero-order chi connectivity index (χ0) is 29.3. The number of nitrogens with zero attached hydrogens (tertiary/aromatic N) is 8. The first kappa shape index (κ1) is 25.4. The van der Waals surface area contributed by atoms with Crippen molar-refractivity contribution < 1.29 is 0 Å². The van der Waals surface area contributed by atoms with Crippen molar-refractivity contribution in [3.63, 3.8) is 0 Å². The van der Waals surface area contributed by atoms with Gasteiger partial charge in [-0.3, -0.25) is 39.9 Å². The van der Waals surface area contributed by atoms with E-state index >= 15 is 0 Å². The summed E-state index contributed by atoms with van der Waals surface area (Å²) >= 11 is 0. The van der Waals surface area contributed by atoms with Gasteiger partial charge < -0.3 is 0 Å². The van der Waals surface area contributed by atoms with Crippen LogP contribution in [0.15, 0.2) is 135 Å². The monoisotopic (exact) mass is 566 g/mol. The Balaban J connectivity index is 1.46. The molecule has 8 rings (SSSR count). The zero-order valence-corrected chi connectivity index (χ0v) is 23.3. The van der Waals surface area contributed by atoms with Crippen LogP contribution in [-0.4, -0.2) is 39.9 Å². The average molecular weight is 567 g/mol. The van der Waals surface area contributed by atoms with Crippen molar-refractivity contribution in [3.8, 4) is 56.2 Å². The van der Waals surface area contributed by atoms with E-state index in [-0.39, 0.29) is 0 Å². The van der Waals surface area contributed by atoms with E-state index in [1.165, 1.54) is 0 Å². The summed E-state index contributed by atoms with van der Waals surface area (Å²) < 4.78 is 0. The lowest BCUT2D eigenvalue weighted by atomic mass is 9.89. The molecule has 0 radical (unpaired) electrons. The molecule has 0 saturated carbocycles. The van der Waals surface area contributed by atoms with Crippen LogP contribution in [0.2, 0.25) is 0 Å². The molecule has 8 aromatic rings. The molecule has 4 aromatic heterocycles. The zero-order valence-electron chi connectivity index (χ0n) is 23.3. The Labute approximate surface area is 252 Å². The number of fused-ring (bicyclic) bond motifs is 2. The van der Waals surface area contributed by atoms with Gasteiger partial charge in [0.1, 0.15) is 0 Å². The highest BCUT2D eigenvalue weighted by Gasteiger charge is 2.17. The molecule has 0 aliphatic carbocycles. The molecule has 44 heavy (non-hydrogen) atoms. The molecule has 0 atom stereocenters. The first-order valence-corrected chi connectivity index (χ1v) is 14.0. The highest BCUT2D eigenvalue weighted by Crippen LogP contribution is 2.41. The minimum Gasteiger partial charge on any atom is -0.261 e. The molecule has 0 spiro atoms. The normalized spacial score (nSPS) is 11.2. The maximum Gasteiger partial charge on any atom is 0.0891 e. The minimum atomic E-state index is 0.783. The number of aromatic nitrogens is 8. The van der Waals surface area contributed by atoms with Crippen LogP contribution >= 0.6 is 0 Å². The standard InChI is InChI=1S/C36H22N8/c1-3-25-29(27(5-1)33-19-37-7-11-41-33)15-23(17-31(25)35-21-39-9-13-43-35)24-16-30-26(32(18-24)36-22-40-10-14-44-36)4-2-6-28(30)34-20-38-8-12-42-34/h1-22H. The second-order valence-corrected chi connectivity index (χ2v) is 10.2. The van der Waals surface area contributed by atoms with Gasteiger partial charge in [0.15, 0.2) is 0 Å². The summed E-state index contributed by atoms with van der Waals surface area (Å²) in [6, 6.07) is 21.3. The third kappa shape index (κ3) is 4.51. The summed E-state index contributed by atoms with van der Waals surface area (Å²) in [5.74, 6) is 0. The van der Waals surface area contributed by atoms with Crippen molar-refractivity contribution in [2.75, 3.05) is 0 Å². The predicted molar refractivity (Wildman–Crippen MR) is 171 cm³/mol. The Morgan fingerprint density at radius 1 is 0.318 bits per heavy atom. The Hall–Kier alpha value is -6.28. The van der Waals surface area contributed by atoms with Crippen LogP contribution in [-0.2, 0) is 0 Å². The summed E-state index contributed by atoms with van der Waals surface area (Å²) in [7, 11) is 0. The fraction of sp³-hybridized carbons (Fsp3) is 0. The average Bonchev–Trinajstić information content (AvgIpc) is 3.11. The lowest BCUT2D eigenvalue weighted by Crippen LogP contribution is -1.94. The van der Waals surface area contributed by atoms with Gasteiger partial charge in [0.25, 0.3) is 0 Å². The highest BCUT2D eigenvalue weighted by molar-refractivity contribution is 6.09. The van der Waals surface area contributed by atoms with Gasteiger partial charge in [0.05, 0.1) is 47.6 Å². The minimum absolute atomic E-state index is 0.783. The Kier molecular flexibility index (Phi) is 6.27. The molecular formula is C36H22N8. The van der Waals surface area contributed by atoms with E-state index in [9.17, 15) is 0 Å². The summed E-state index contributed by atoms with van der Waals surface area (Å²) in [4.78, 5) is 36.0. The smallest absolute Gasteiger partial charge is 0.0891 e. The van der Waals surface area contributed by atoms with E-state index in [0.29, 0.717) is 0 Å². The van der Waals surface area contributed by atoms with E-state index in [2.05, 4.69) is 88.4 Å². The van der Waals surface area contributed by atoms with Gasteiger partial charge in [-0.1, -0.05) is 36.4 Å². The van der Waals surface area contributed by atoms with Crippen LogP contribution in [0, 0.1) is 0 Å². The van der Waals surface area contributed by atoms with E-state index in [1.54, 1.807) is 74.4 Å². The molecule has 0 saturated heterocycles. The molecule has 0 amide bonds. The predicted octanol–water partition coefficient (Wildman–Crippen LogP) is 7.49. The molecule has 0 N–H and O–H groups in total. The third-order valence-corrected chi connectivity index (χ3v) is 7.68. The SMILES string of the molecule is c1cc(-c2cnccn2)c2cc(-c3cc(-c4cnccn4)c4cccc(-c5cnccn5)c4c3)cc(-c3cnccn3)c2c1.